The number of hydrogen-bond donors (Lipinski definition) is 2. The van der Waals surface area contributed by atoms with E-state index in [1.54, 1.807) is 0 Å². The van der Waals surface area contributed by atoms with Crippen LogP contribution in [0.3, 0.4) is 0 Å². The third kappa shape index (κ3) is 4.84. The summed E-state index contributed by atoms with van der Waals surface area (Å²) in [4.78, 5) is 12.0. The lowest BCUT2D eigenvalue weighted by atomic mass is 9.95. The number of aliphatic hydroxyl groups is 1. The summed E-state index contributed by atoms with van der Waals surface area (Å²) in [6.07, 6.45) is 1.74. The second-order valence-corrected chi connectivity index (χ2v) is 5.79. The highest BCUT2D eigenvalue weighted by Gasteiger charge is 2.20. The lowest BCUT2D eigenvalue weighted by molar-refractivity contribution is -0.122. The molecule has 5 heteroatoms. The molecule has 0 aromatic carbocycles. The van der Waals surface area contributed by atoms with Crippen molar-refractivity contribution in [1.82, 2.24) is 10.5 Å². The maximum Gasteiger partial charge on any atom is 0.220 e. The van der Waals surface area contributed by atoms with Crippen molar-refractivity contribution in [3.8, 4) is 0 Å². The number of nitrogens with one attached hydrogen (secondary N) is 1. The van der Waals surface area contributed by atoms with Gasteiger partial charge in [-0.05, 0) is 25.7 Å². The summed E-state index contributed by atoms with van der Waals surface area (Å²) >= 11 is 0. The predicted molar refractivity (Wildman–Crippen MR) is 82.1 cm³/mol. The Kier molecular flexibility index (Phi) is 6.89. The normalized spacial score (nSPS) is 14.2. The maximum absolute atomic E-state index is 12.0. The van der Waals surface area contributed by atoms with Crippen molar-refractivity contribution in [1.29, 1.82) is 0 Å². The Balaban J connectivity index is 2.47. The van der Waals surface area contributed by atoms with Crippen LogP contribution >= 0.6 is 0 Å². The molecule has 0 saturated carbocycles. The number of nitrogens with zero attached hydrogens (tertiary/aromatic N) is 1. The minimum absolute atomic E-state index is 0.0486. The molecule has 2 N–H and O–H groups in total. The van der Waals surface area contributed by atoms with Crippen molar-refractivity contribution in [3.05, 3.63) is 17.0 Å². The van der Waals surface area contributed by atoms with Crippen LogP contribution in [0.4, 0.5) is 0 Å². The molecule has 1 aromatic rings. The highest BCUT2D eigenvalue weighted by atomic mass is 16.5. The Morgan fingerprint density at radius 3 is 2.43 bits per heavy atom. The van der Waals surface area contributed by atoms with Crippen LogP contribution in [0.5, 0.6) is 0 Å². The van der Waals surface area contributed by atoms with E-state index in [2.05, 4.69) is 24.3 Å². The van der Waals surface area contributed by atoms with Crippen LogP contribution in [0, 0.1) is 19.8 Å². The van der Waals surface area contributed by atoms with Gasteiger partial charge in [0.2, 0.25) is 5.91 Å². The molecule has 0 radical (unpaired) electrons. The molecule has 21 heavy (non-hydrogen) atoms. The van der Waals surface area contributed by atoms with E-state index in [0.717, 1.165) is 29.9 Å². The molecule has 0 aliphatic carbocycles. The molecule has 1 aromatic heterocycles. The van der Waals surface area contributed by atoms with Crippen LogP contribution in [0.25, 0.3) is 0 Å². The van der Waals surface area contributed by atoms with Gasteiger partial charge in [-0.3, -0.25) is 4.79 Å². The number of carbonyl (C=O) groups is 1. The van der Waals surface area contributed by atoms with Gasteiger partial charge in [0, 0.05) is 18.5 Å². The Bertz CT molecular complexity index is 433. The minimum Gasteiger partial charge on any atom is -0.391 e. The summed E-state index contributed by atoms with van der Waals surface area (Å²) in [7, 11) is 0. The summed E-state index contributed by atoms with van der Waals surface area (Å²) in [5, 5.41) is 16.8. The van der Waals surface area contributed by atoms with E-state index in [4.69, 9.17) is 4.52 Å². The largest absolute Gasteiger partial charge is 0.391 e. The minimum atomic E-state index is -0.474. The zero-order chi connectivity index (χ0) is 16.0. The molecule has 1 amide bonds. The molecule has 0 aliphatic rings. The Labute approximate surface area is 127 Å². The average Bonchev–Trinajstić information content (AvgIpc) is 2.77. The first-order valence-electron chi connectivity index (χ1n) is 7.78. The number of carbonyl (C=O) groups excluding carboxylic acids is 1. The van der Waals surface area contributed by atoms with E-state index in [9.17, 15) is 9.90 Å². The molecule has 2 atom stereocenters. The second kappa shape index (κ2) is 8.17. The molecule has 1 heterocycles. The van der Waals surface area contributed by atoms with Gasteiger partial charge in [0.1, 0.15) is 5.76 Å². The van der Waals surface area contributed by atoms with E-state index in [1.165, 1.54) is 0 Å². The number of rotatable bonds is 8. The number of amides is 1. The molecule has 0 bridgehead atoms. The van der Waals surface area contributed by atoms with Crippen LogP contribution in [0.15, 0.2) is 4.52 Å². The van der Waals surface area contributed by atoms with Crippen molar-refractivity contribution in [2.45, 2.75) is 65.9 Å². The van der Waals surface area contributed by atoms with Crippen molar-refractivity contribution in [3.63, 3.8) is 0 Å². The van der Waals surface area contributed by atoms with Gasteiger partial charge in [0.25, 0.3) is 0 Å². The van der Waals surface area contributed by atoms with Gasteiger partial charge in [-0.25, -0.2) is 0 Å². The van der Waals surface area contributed by atoms with Gasteiger partial charge in [-0.1, -0.05) is 38.8 Å². The fraction of sp³-hybridized carbons (Fsp3) is 0.750. The van der Waals surface area contributed by atoms with Gasteiger partial charge in [0.05, 0.1) is 11.8 Å². The monoisotopic (exact) mass is 296 g/mol. The number of aliphatic hydroxyl groups excluding tert-OH is 1. The lowest BCUT2D eigenvalue weighted by Gasteiger charge is -2.20. The average molecular weight is 296 g/mol. The van der Waals surface area contributed by atoms with Crippen LogP contribution < -0.4 is 5.32 Å². The molecular weight excluding hydrogens is 268 g/mol. The fourth-order valence-corrected chi connectivity index (χ4v) is 2.86. The summed E-state index contributed by atoms with van der Waals surface area (Å²) in [6, 6.07) is 0. The molecule has 0 fully saturated rings. The molecular formula is C16H28N2O3. The summed E-state index contributed by atoms with van der Waals surface area (Å²) < 4.78 is 5.14. The molecule has 0 saturated heterocycles. The first kappa shape index (κ1) is 17.7. The van der Waals surface area contributed by atoms with E-state index in [0.29, 0.717) is 13.0 Å². The van der Waals surface area contributed by atoms with Crippen LogP contribution in [-0.2, 0) is 4.79 Å². The van der Waals surface area contributed by atoms with Crippen LogP contribution in [-0.4, -0.2) is 28.8 Å². The molecule has 1 rings (SSSR count). The van der Waals surface area contributed by atoms with Crippen LogP contribution in [0.1, 0.15) is 63.0 Å². The third-order valence-corrected chi connectivity index (χ3v) is 4.17. The van der Waals surface area contributed by atoms with E-state index < -0.39 is 6.10 Å². The zero-order valence-corrected chi connectivity index (χ0v) is 13.8. The number of hydrogen-bond acceptors (Lipinski definition) is 4. The first-order chi connectivity index (χ1) is 9.90. The van der Waals surface area contributed by atoms with Gasteiger partial charge in [-0.15, -0.1) is 0 Å². The Hall–Kier alpha value is -1.36. The summed E-state index contributed by atoms with van der Waals surface area (Å²) in [5.41, 5.74) is 1.84. The molecule has 5 nitrogen and oxygen atoms in total. The maximum atomic E-state index is 12.0. The van der Waals surface area contributed by atoms with Crippen molar-refractivity contribution < 1.29 is 14.4 Å². The van der Waals surface area contributed by atoms with Crippen LogP contribution in [0.2, 0.25) is 0 Å². The van der Waals surface area contributed by atoms with E-state index >= 15 is 0 Å². The van der Waals surface area contributed by atoms with Crippen molar-refractivity contribution in [2.24, 2.45) is 5.92 Å². The number of aromatic nitrogens is 1. The number of aryl methyl sites for hydroxylation is 2. The standard InChI is InChI=1S/C16H28N2O3/c1-6-13(7-2)14(19)9-17-15(20)8-10(3)16-11(4)18-21-12(16)5/h10,13-14,19H,6-9H2,1-5H3,(H,17,20). The van der Waals surface area contributed by atoms with Crippen molar-refractivity contribution >= 4 is 5.91 Å². The van der Waals surface area contributed by atoms with Gasteiger partial charge < -0.3 is 14.9 Å². The summed E-state index contributed by atoms with van der Waals surface area (Å²) in [6.45, 7) is 10.2. The Morgan fingerprint density at radius 2 is 1.95 bits per heavy atom. The summed E-state index contributed by atoms with van der Waals surface area (Å²) in [5.74, 6) is 1.02. The van der Waals surface area contributed by atoms with Gasteiger partial charge in [0.15, 0.2) is 0 Å². The Morgan fingerprint density at radius 1 is 1.33 bits per heavy atom. The first-order valence-corrected chi connectivity index (χ1v) is 7.78. The molecule has 0 spiro atoms. The van der Waals surface area contributed by atoms with Gasteiger partial charge in [-0.2, -0.15) is 0 Å². The fourth-order valence-electron chi connectivity index (χ4n) is 2.86. The third-order valence-electron chi connectivity index (χ3n) is 4.17. The molecule has 0 aliphatic heterocycles. The van der Waals surface area contributed by atoms with Gasteiger partial charge >= 0.3 is 0 Å². The highest BCUT2D eigenvalue weighted by Crippen LogP contribution is 2.25. The SMILES string of the molecule is CCC(CC)C(O)CNC(=O)CC(C)c1c(C)noc1C. The topological polar surface area (TPSA) is 75.4 Å². The van der Waals surface area contributed by atoms with E-state index in [-0.39, 0.29) is 17.7 Å². The highest BCUT2D eigenvalue weighted by molar-refractivity contribution is 5.76. The predicted octanol–water partition coefficient (Wildman–Crippen LogP) is 2.70. The van der Waals surface area contributed by atoms with E-state index in [1.807, 2.05) is 20.8 Å². The lowest BCUT2D eigenvalue weighted by Crippen LogP contribution is -2.36. The molecule has 2 unspecified atom stereocenters. The smallest absolute Gasteiger partial charge is 0.220 e. The quantitative estimate of drug-likeness (QED) is 0.773. The molecule has 120 valence electrons. The zero-order valence-electron chi connectivity index (χ0n) is 13.8. The van der Waals surface area contributed by atoms with Crippen molar-refractivity contribution in [2.75, 3.05) is 6.54 Å². The second-order valence-electron chi connectivity index (χ2n) is 5.79.